The van der Waals surface area contributed by atoms with E-state index in [-0.39, 0.29) is 17.8 Å². The summed E-state index contributed by atoms with van der Waals surface area (Å²) in [5.74, 6) is 0.206. The van der Waals surface area contributed by atoms with Crippen molar-refractivity contribution in [2.75, 3.05) is 12.3 Å². The van der Waals surface area contributed by atoms with E-state index in [0.29, 0.717) is 12.3 Å². The van der Waals surface area contributed by atoms with Crippen molar-refractivity contribution in [3.63, 3.8) is 0 Å². The highest BCUT2D eigenvalue weighted by Gasteiger charge is 2.32. The van der Waals surface area contributed by atoms with Crippen LogP contribution in [0.4, 0.5) is 5.69 Å². The van der Waals surface area contributed by atoms with Crippen LogP contribution >= 0.6 is 0 Å². The fourth-order valence-corrected chi connectivity index (χ4v) is 2.21. The molecule has 2 unspecified atom stereocenters. The van der Waals surface area contributed by atoms with E-state index in [1.54, 1.807) is 24.3 Å². The Hall–Kier alpha value is -1.35. The number of benzene rings is 1. The zero-order valence-corrected chi connectivity index (χ0v) is 9.48. The second kappa shape index (κ2) is 4.66. The monoisotopic (exact) mass is 219 g/mol. The predicted octanol–water partition coefficient (Wildman–Crippen LogP) is 2.27. The number of hydrogen-bond donors (Lipinski definition) is 1. The van der Waals surface area contributed by atoms with E-state index in [2.05, 4.69) is 6.92 Å². The first kappa shape index (κ1) is 11.1. The molecule has 0 aromatic heterocycles. The summed E-state index contributed by atoms with van der Waals surface area (Å²) in [6.45, 7) is 2.75. The minimum Gasteiger partial charge on any atom is -0.399 e. The first-order valence-corrected chi connectivity index (χ1v) is 5.73. The second-order valence-corrected chi connectivity index (χ2v) is 4.20. The maximum absolute atomic E-state index is 12.2. The molecule has 0 amide bonds. The van der Waals surface area contributed by atoms with Crippen molar-refractivity contribution in [2.24, 2.45) is 5.92 Å². The van der Waals surface area contributed by atoms with E-state index in [0.717, 1.165) is 18.4 Å². The maximum atomic E-state index is 12.2. The van der Waals surface area contributed by atoms with Crippen LogP contribution in [0.5, 0.6) is 0 Å². The van der Waals surface area contributed by atoms with Gasteiger partial charge >= 0.3 is 0 Å². The molecule has 0 aliphatic carbocycles. The molecule has 3 heteroatoms. The van der Waals surface area contributed by atoms with Crippen LogP contribution in [0.25, 0.3) is 0 Å². The Morgan fingerprint density at radius 3 is 2.75 bits per heavy atom. The molecule has 2 N–H and O–H groups in total. The normalized spacial score (nSPS) is 24.6. The Kier molecular flexibility index (Phi) is 3.25. The lowest BCUT2D eigenvalue weighted by atomic mass is 9.90. The summed E-state index contributed by atoms with van der Waals surface area (Å²) in [6, 6.07) is 7.12. The molecule has 0 bridgehead atoms. The molecule has 1 aliphatic heterocycles. The summed E-state index contributed by atoms with van der Waals surface area (Å²) in [6.07, 6.45) is 1.82. The zero-order chi connectivity index (χ0) is 11.5. The Bertz CT molecular complexity index is 372. The molecule has 2 rings (SSSR count). The number of Topliss-reactive ketones (excluding diaryl/α,β-unsaturated/α-hetero) is 1. The topological polar surface area (TPSA) is 52.3 Å². The molecule has 1 aliphatic rings. The number of rotatable bonds is 3. The van der Waals surface area contributed by atoms with Gasteiger partial charge in [-0.2, -0.15) is 0 Å². The van der Waals surface area contributed by atoms with Gasteiger partial charge in [-0.25, -0.2) is 0 Å². The van der Waals surface area contributed by atoms with Crippen LogP contribution in [0.3, 0.4) is 0 Å². The molecular weight excluding hydrogens is 202 g/mol. The lowest BCUT2D eigenvalue weighted by Crippen LogP contribution is -2.23. The summed E-state index contributed by atoms with van der Waals surface area (Å²) in [7, 11) is 0. The minimum absolute atomic E-state index is 0.0219. The molecule has 0 radical (unpaired) electrons. The van der Waals surface area contributed by atoms with Crippen LogP contribution in [0, 0.1) is 5.92 Å². The Balaban J connectivity index is 2.15. The average molecular weight is 219 g/mol. The SMILES string of the molecule is CCC1OCCC1C(=O)c1ccc(N)cc1. The third-order valence-corrected chi connectivity index (χ3v) is 3.14. The van der Waals surface area contributed by atoms with Crippen molar-refractivity contribution in [3.8, 4) is 0 Å². The molecule has 1 aromatic rings. The number of carbonyl (C=O) groups is 1. The van der Waals surface area contributed by atoms with Crippen LogP contribution in [0.2, 0.25) is 0 Å². The van der Waals surface area contributed by atoms with E-state index >= 15 is 0 Å². The molecule has 1 heterocycles. The number of carbonyl (C=O) groups excluding carboxylic acids is 1. The highest BCUT2D eigenvalue weighted by molar-refractivity contribution is 5.98. The van der Waals surface area contributed by atoms with Gasteiger partial charge in [0.15, 0.2) is 5.78 Å². The van der Waals surface area contributed by atoms with Crippen molar-refractivity contribution in [2.45, 2.75) is 25.9 Å². The molecule has 1 aromatic carbocycles. The minimum atomic E-state index is 0.0219. The van der Waals surface area contributed by atoms with Gasteiger partial charge in [0.25, 0.3) is 0 Å². The van der Waals surface area contributed by atoms with Crippen LogP contribution in [0.15, 0.2) is 24.3 Å². The van der Waals surface area contributed by atoms with Crippen molar-refractivity contribution >= 4 is 11.5 Å². The summed E-state index contributed by atoms with van der Waals surface area (Å²) in [5, 5.41) is 0. The van der Waals surface area contributed by atoms with Gasteiger partial charge in [-0.1, -0.05) is 6.92 Å². The van der Waals surface area contributed by atoms with E-state index < -0.39 is 0 Å². The summed E-state index contributed by atoms with van der Waals surface area (Å²) in [5.41, 5.74) is 7.02. The smallest absolute Gasteiger partial charge is 0.168 e. The lowest BCUT2D eigenvalue weighted by molar-refractivity contribution is 0.0689. The first-order chi connectivity index (χ1) is 7.72. The number of ether oxygens (including phenoxy) is 1. The number of hydrogen-bond acceptors (Lipinski definition) is 3. The van der Waals surface area contributed by atoms with Gasteiger partial charge in [0.05, 0.1) is 12.0 Å². The van der Waals surface area contributed by atoms with Gasteiger partial charge in [-0.15, -0.1) is 0 Å². The third-order valence-electron chi connectivity index (χ3n) is 3.14. The van der Waals surface area contributed by atoms with E-state index in [1.807, 2.05) is 0 Å². The highest BCUT2D eigenvalue weighted by atomic mass is 16.5. The van der Waals surface area contributed by atoms with Gasteiger partial charge in [0.2, 0.25) is 0 Å². The van der Waals surface area contributed by atoms with E-state index in [1.165, 1.54) is 0 Å². The summed E-state index contributed by atoms with van der Waals surface area (Å²) in [4.78, 5) is 12.2. The Morgan fingerprint density at radius 2 is 2.12 bits per heavy atom. The van der Waals surface area contributed by atoms with Gasteiger partial charge < -0.3 is 10.5 Å². The molecule has 2 atom stereocenters. The molecule has 0 saturated carbocycles. The van der Waals surface area contributed by atoms with Crippen molar-refractivity contribution in [3.05, 3.63) is 29.8 Å². The van der Waals surface area contributed by atoms with Crippen molar-refractivity contribution in [1.29, 1.82) is 0 Å². The quantitative estimate of drug-likeness (QED) is 0.626. The largest absolute Gasteiger partial charge is 0.399 e. The number of nitrogens with two attached hydrogens (primary N) is 1. The number of nitrogen functional groups attached to an aromatic ring is 1. The molecule has 1 fully saturated rings. The fraction of sp³-hybridized carbons (Fsp3) is 0.462. The number of ketones is 1. The molecule has 86 valence electrons. The molecule has 0 spiro atoms. The fourth-order valence-electron chi connectivity index (χ4n) is 2.21. The molecule has 16 heavy (non-hydrogen) atoms. The van der Waals surface area contributed by atoms with Crippen LogP contribution in [-0.2, 0) is 4.74 Å². The van der Waals surface area contributed by atoms with Gasteiger partial charge in [-0.05, 0) is 37.1 Å². The van der Waals surface area contributed by atoms with Gasteiger partial charge in [0, 0.05) is 17.9 Å². The highest BCUT2D eigenvalue weighted by Crippen LogP contribution is 2.27. The molecule has 3 nitrogen and oxygen atoms in total. The zero-order valence-electron chi connectivity index (χ0n) is 9.48. The second-order valence-electron chi connectivity index (χ2n) is 4.20. The Labute approximate surface area is 95.6 Å². The van der Waals surface area contributed by atoms with Crippen molar-refractivity contribution < 1.29 is 9.53 Å². The van der Waals surface area contributed by atoms with Crippen LogP contribution in [0.1, 0.15) is 30.1 Å². The maximum Gasteiger partial charge on any atom is 0.168 e. The number of anilines is 1. The third kappa shape index (κ3) is 2.09. The molecular formula is C13H17NO2. The van der Waals surface area contributed by atoms with Crippen LogP contribution < -0.4 is 5.73 Å². The predicted molar refractivity (Wildman–Crippen MR) is 63.3 cm³/mol. The van der Waals surface area contributed by atoms with E-state index in [9.17, 15) is 4.79 Å². The van der Waals surface area contributed by atoms with Crippen molar-refractivity contribution in [1.82, 2.24) is 0 Å². The van der Waals surface area contributed by atoms with Gasteiger partial charge in [-0.3, -0.25) is 4.79 Å². The molecule has 1 saturated heterocycles. The van der Waals surface area contributed by atoms with E-state index in [4.69, 9.17) is 10.5 Å². The lowest BCUT2D eigenvalue weighted by Gasteiger charge is -2.15. The summed E-state index contributed by atoms with van der Waals surface area (Å²) >= 11 is 0. The average Bonchev–Trinajstić information content (AvgIpc) is 2.77. The first-order valence-electron chi connectivity index (χ1n) is 5.73. The summed E-state index contributed by atoms with van der Waals surface area (Å²) < 4.78 is 5.54. The van der Waals surface area contributed by atoms with Gasteiger partial charge in [0.1, 0.15) is 0 Å². The standard InChI is InChI=1S/C13H17NO2/c1-2-12-11(7-8-16-12)13(15)9-3-5-10(14)6-4-9/h3-6,11-12H,2,7-8,14H2,1H3. The Morgan fingerprint density at radius 1 is 1.44 bits per heavy atom. The van der Waals surface area contributed by atoms with Crippen LogP contribution in [-0.4, -0.2) is 18.5 Å².